The lowest BCUT2D eigenvalue weighted by Gasteiger charge is -2.15. The van der Waals surface area contributed by atoms with Crippen LogP contribution in [0.4, 0.5) is 17.6 Å². The smallest absolute Gasteiger partial charge is 0.305 e. The van der Waals surface area contributed by atoms with Gasteiger partial charge < -0.3 is 5.32 Å². The summed E-state index contributed by atoms with van der Waals surface area (Å²) < 4.78 is 49.3. The highest BCUT2D eigenvalue weighted by Crippen LogP contribution is 2.21. The second-order valence-corrected chi connectivity index (χ2v) is 4.05. The van der Waals surface area contributed by atoms with Crippen molar-refractivity contribution in [3.05, 3.63) is 28.5 Å². The predicted molar refractivity (Wildman–Crippen MR) is 54.6 cm³/mol. The zero-order valence-corrected chi connectivity index (χ0v) is 9.65. The standard InChI is InChI=1S/C9H9BrF4N2/c10-6-1-2-7(16-3-6)4-15-5-9(13,14)8(11)12/h1-3,8,15H,4-5H2. The Hall–Kier alpha value is -0.690. The Kier molecular flexibility index (Phi) is 4.67. The molecule has 1 heterocycles. The van der Waals surface area contributed by atoms with Crippen molar-refractivity contribution in [1.82, 2.24) is 10.3 Å². The Bertz CT molecular complexity index is 329. The molecular formula is C9H9BrF4N2. The third kappa shape index (κ3) is 4.05. The van der Waals surface area contributed by atoms with Gasteiger partial charge >= 0.3 is 12.3 Å². The van der Waals surface area contributed by atoms with Gasteiger partial charge in [0.2, 0.25) is 0 Å². The molecule has 0 aliphatic heterocycles. The molecule has 16 heavy (non-hydrogen) atoms. The number of rotatable bonds is 5. The summed E-state index contributed by atoms with van der Waals surface area (Å²) in [6.45, 7) is -1.04. The zero-order chi connectivity index (χ0) is 12.2. The van der Waals surface area contributed by atoms with Crippen LogP contribution in [-0.2, 0) is 6.54 Å². The van der Waals surface area contributed by atoms with E-state index in [1.807, 2.05) is 0 Å². The van der Waals surface area contributed by atoms with Crippen LogP contribution in [0.5, 0.6) is 0 Å². The van der Waals surface area contributed by atoms with E-state index in [-0.39, 0.29) is 6.54 Å². The molecular weight excluding hydrogens is 292 g/mol. The van der Waals surface area contributed by atoms with Crippen molar-refractivity contribution in [3.8, 4) is 0 Å². The molecule has 1 aromatic heterocycles. The van der Waals surface area contributed by atoms with Crippen molar-refractivity contribution in [2.24, 2.45) is 0 Å². The first-order chi connectivity index (χ1) is 7.42. The van der Waals surface area contributed by atoms with E-state index in [1.54, 1.807) is 12.1 Å². The van der Waals surface area contributed by atoms with E-state index < -0.39 is 18.9 Å². The molecule has 2 nitrogen and oxygen atoms in total. The first-order valence-electron chi connectivity index (χ1n) is 4.39. The monoisotopic (exact) mass is 300 g/mol. The maximum Gasteiger partial charge on any atom is 0.319 e. The van der Waals surface area contributed by atoms with Crippen molar-refractivity contribution in [3.63, 3.8) is 0 Å². The number of aromatic nitrogens is 1. The lowest BCUT2D eigenvalue weighted by Crippen LogP contribution is -2.38. The number of nitrogens with zero attached hydrogens (tertiary/aromatic N) is 1. The fraction of sp³-hybridized carbons (Fsp3) is 0.444. The minimum Gasteiger partial charge on any atom is -0.305 e. The average molecular weight is 301 g/mol. The number of alkyl halides is 4. The summed E-state index contributed by atoms with van der Waals surface area (Å²) in [5, 5.41) is 2.23. The zero-order valence-electron chi connectivity index (χ0n) is 8.06. The summed E-state index contributed by atoms with van der Waals surface area (Å²) in [7, 11) is 0. The van der Waals surface area contributed by atoms with Crippen LogP contribution in [-0.4, -0.2) is 23.9 Å². The van der Waals surface area contributed by atoms with Crippen LogP contribution in [0.1, 0.15) is 5.69 Å². The molecule has 0 aromatic carbocycles. The van der Waals surface area contributed by atoms with Crippen LogP contribution < -0.4 is 5.32 Å². The van der Waals surface area contributed by atoms with Crippen LogP contribution in [0.25, 0.3) is 0 Å². The minimum absolute atomic E-state index is 0.0234. The molecule has 7 heteroatoms. The fourth-order valence-corrected chi connectivity index (χ4v) is 1.18. The third-order valence-electron chi connectivity index (χ3n) is 1.77. The van der Waals surface area contributed by atoms with E-state index >= 15 is 0 Å². The molecule has 0 atom stereocenters. The summed E-state index contributed by atoms with van der Waals surface area (Å²) in [6, 6.07) is 3.30. The summed E-state index contributed by atoms with van der Waals surface area (Å²) in [5.74, 6) is -4.00. The van der Waals surface area contributed by atoms with Gasteiger partial charge in [-0.2, -0.15) is 8.78 Å². The first-order valence-corrected chi connectivity index (χ1v) is 5.18. The lowest BCUT2D eigenvalue weighted by molar-refractivity contribution is -0.125. The molecule has 0 saturated carbocycles. The van der Waals surface area contributed by atoms with E-state index in [0.29, 0.717) is 5.69 Å². The minimum atomic E-state index is -4.00. The molecule has 0 aliphatic rings. The van der Waals surface area contributed by atoms with Crippen LogP contribution in [0, 0.1) is 0 Å². The van der Waals surface area contributed by atoms with E-state index in [4.69, 9.17) is 0 Å². The summed E-state index contributed by atoms with van der Waals surface area (Å²) in [5.41, 5.74) is 0.508. The molecule has 0 amide bonds. The third-order valence-corrected chi connectivity index (χ3v) is 2.24. The van der Waals surface area contributed by atoms with Gasteiger partial charge in [-0.15, -0.1) is 0 Å². The van der Waals surface area contributed by atoms with Crippen molar-refractivity contribution in [2.45, 2.75) is 18.9 Å². The van der Waals surface area contributed by atoms with Gasteiger partial charge in [0.05, 0.1) is 12.2 Å². The number of hydrogen-bond acceptors (Lipinski definition) is 2. The highest BCUT2D eigenvalue weighted by molar-refractivity contribution is 9.10. The van der Waals surface area contributed by atoms with E-state index in [9.17, 15) is 17.6 Å². The van der Waals surface area contributed by atoms with Crippen LogP contribution in [0.3, 0.4) is 0 Å². The Labute approximate surface area is 98.2 Å². The van der Waals surface area contributed by atoms with Crippen molar-refractivity contribution in [2.75, 3.05) is 6.54 Å². The maximum atomic E-state index is 12.5. The SMILES string of the molecule is FC(F)C(F)(F)CNCc1ccc(Br)cn1. The fourth-order valence-electron chi connectivity index (χ4n) is 0.945. The molecule has 0 fully saturated rings. The molecule has 0 radical (unpaired) electrons. The van der Waals surface area contributed by atoms with Gasteiger partial charge in [0.1, 0.15) is 0 Å². The molecule has 90 valence electrons. The van der Waals surface area contributed by atoms with E-state index in [2.05, 4.69) is 26.2 Å². The molecule has 0 unspecified atom stereocenters. The number of nitrogens with one attached hydrogen (secondary N) is 1. The molecule has 1 rings (SSSR count). The van der Waals surface area contributed by atoms with Crippen molar-refractivity contribution in [1.29, 1.82) is 0 Å². The van der Waals surface area contributed by atoms with Crippen LogP contribution in [0.15, 0.2) is 22.8 Å². The highest BCUT2D eigenvalue weighted by atomic mass is 79.9. The number of halogens is 5. The topological polar surface area (TPSA) is 24.9 Å². The summed E-state index contributed by atoms with van der Waals surface area (Å²) in [4.78, 5) is 3.90. The molecule has 0 spiro atoms. The van der Waals surface area contributed by atoms with E-state index in [0.717, 1.165) is 4.47 Å². The molecule has 1 N–H and O–H groups in total. The van der Waals surface area contributed by atoms with Gasteiger partial charge in [0.25, 0.3) is 0 Å². The first kappa shape index (κ1) is 13.4. The molecule has 1 aromatic rings. The number of hydrogen-bond donors (Lipinski definition) is 1. The van der Waals surface area contributed by atoms with Gasteiger partial charge in [0.15, 0.2) is 0 Å². The Morgan fingerprint density at radius 1 is 1.38 bits per heavy atom. The quantitative estimate of drug-likeness (QED) is 0.846. The lowest BCUT2D eigenvalue weighted by atomic mass is 10.3. The summed E-state index contributed by atoms with van der Waals surface area (Å²) >= 11 is 3.16. The Morgan fingerprint density at radius 2 is 2.06 bits per heavy atom. The average Bonchev–Trinajstić information content (AvgIpc) is 2.20. The largest absolute Gasteiger partial charge is 0.319 e. The Balaban J connectivity index is 2.39. The van der Waals surface area contributed by atoms with Crippen LogP contribution >= 0.6 is 15.9 Å². The van der Waals surface area contributed by atoms with Gasteiger partial charge in [-0.1, -0.05) is 0 Å². The number of pyridine rings is 1. The van der Waals surface area contributed by atoms with Gasteiger partial charge in [-0.25, -0.2) is 8.78 Å². The molecule has 0 aliphatic carbocycles. The molecule has 0 bridgehead atoms. The Morgan fingerprint density at radius 3 is 2.56 bits per heavy atom. The van der Waals surface area contributed by atoms with Gasteiger partial charge in [-0.3, -0.25) is 4.98 Å². The second kappa shape index (κ2) is 5.58. The highest BCUT2D eigenvalue weighted by Gasteiger charge is 2.39. The van der Waals surface area contributed by atoms with Crippen molar-refractivity contribution < 1.29 is 17.6 Å². The maximum absolute atomic E-state index is 12.5. The normalized spacial score (nSPS) is 12.1. The van der Waals surface area contributed by atoms with E-state index in [1.165, 1.54) is 6.20 Å². The van der Waals surface area contributed by atoms with Crippen LogP contribution in [0.2, 0.25) is 0 Å². The second-order valence-electron chi connectivity index (χ2n) is 3.13. The summed E-state index contributed by atoms with van der Waals surface area (Å²) in [6.07, 6.45) is -2.15. The van der Waals surface area contributed by atoms with Gasteiger partial charge in [0, 0.05) is 17.2 Å². The van der Waals surface area contributed by atoms with Crippen molar-refractivity contribution >= 4 is 15.9 Å². The molecule has 0 saturated heterocycles. The predicted octanol–water partition coefficient (Wildman–Crippen LogP) is 2.83. The van der Waals surface area contributed by atoms with Gasteiger partial charge in [-0.05, 0) is 28.1 Å².